The maximum Gasteiger partial charge on any atom is 0.122 e. The number of rotatable bonds is 11. The van der Waals surface area contributed by atoms with Gasteiger partial charge in [-0.3, -0.25) is 4.90 Å². The molecule has 0 radical (unpaired) electrons. The van der Waals surface area contributed by atoms with Gasteiger partial charge in [0.2, 0.25) is 0 Å². The number of β-amino-alcohol motifs (C(OH)–C–C–N with tert-alkyl or cyclic N) is 1. The van der Waals surface area contributed by atoms with E-state index in [0.717, 1.165) is 50.0 Å². The van der Waals surface area contributed by atoms with Crippen LogP contribution in [-0.4, -0.2) is 60.7 Å². The molecule has 1 fully saturated rings. The van der Waals surface area contributed by atoms with Gasteiger partial charge in [-0.25, -0.2) is 0 Å². The second-order valence-electron chi connectivity index (χ2n) is 8.12. The largest absolute Gasteiger partial charge is 0.496 e. The van der Waals surface area contributed by atoms with Crippen molar-refractivity contribution < 1.29 is 19.7 Å². The summed E-state index contributed by atoms with van der Waals surface area (Å²) in [6, 6.07) is 17.2. The molecule has 3 atom stereocenters. The van der Waals surface area contributed by atoms with Crippen LogP contribution in [0, 0.1) is 0 Å². The van der Waals surface area contributed by atoms with Crippen molar-refractivity contribution in [2.24, 2.45) is 0 Å². The molecule has 0 aliphatic carbocycles. The zero-order valence-electron chi connectivity index (χ0n) is 18.6. The Balaban J connectivity index is 0.00000341. The van der Waals surface area contributed by atoms with Gasteiger partial charge in [0.05, 0.1) is 26.9 Å². The van der Waals surface area contributed by atoms with Gasteiger partial charge in [-0.1, -0.05) is 36.4 Å². The van der Waals surface area contributed by atoms with E-state index in [0.29, 0.717) is 18.6 Å². The van der Waals surface area contributed by atoms with Gasteiger partial charge in [-0.15, -0.1) is 12.4 Å². The van der Waals surface area contributed by atoms with Gasteiger partial charge in [0.25, 0.3) is 0 Å². The van der Waals surface area contributed by atoms with Gasteiger partial charge in [-0.05, 0) is 61.8 Å². The Morgan fingerprint density at radius 2 is 1.32 bits per heavy atom. The maximum atomic E-state index is 10.2. The highest BCUT2D eigenvalue weighted by molar-refractivity contribution is 5.85. The molecule has 1 saturated heterocycles. The molecule has 31 heavy (non-hydrogen) atoms. The summed E-state index contributed by atoms with van der Waals surface area (Å²) in [7, 11) is 3.43. The van der Waals surface area contributed by atoms with Gasteiger partial charge in [0.1, 0.15) is 11.5 Å². The molecule has 0 bridgehead atoms. The number of hydrogen-bond acceptors (Lipinski definition) is 5. The lowest BCUT2D eigenvalue weighted by Crippen LogP contribution is -2.42. The standard InChI is InChI=1S/C25H35NO4.ClH/c1-29-24-9-5-3-7-19(24)11-13-21-15-16-22(26(21)17-23(28)18-27)14-12-20-8-4-6-10-25(20)30-2;/h3-10,21-23,27-28H,11-18H2,1-2H3;1H/t21?,22?,23-;/m1./s1. The summed E-state index contributed by atoms with van der Waals surface area (Å²) >= 11 is 0. The Morgan fingerprint density at radius 1 is 0.871 bits per heavy atom. The van der Waals surface area contributed by atoms with E-state index in [4.69, 9.17) is 9.47 Å². The number of nitrogens with zero attached hydrogens (tertiary/aromatic N) is 1. The molecule has 2 N–H and O–H groups in total. The third kappa shape index (κ3) is 6.84. The number of aliphatic hydroxyl groups excluding tert-OH is 2. The average molecular weight is 450 g/mol. The van der Waals surface area contributed by atoms with E-state index in [9.17, 15) is 10.2 Å². The molecule has 1 aliphatic rings. The number of methoxy groups -OCH3 is 2. The van der Waals surface area contributed by atoms with E-state index >= 15 is 0 Å². The highest BCUT2D eigenvalue weighted by atomic mass is 35.5. The van der Waals surface area contributed by atoms with E-state index in [-0.39, 0.29) is 19.0 Å². The second-order valence-corrected chi connectivity index (χ2v) is 8.12. The third-order valence-electron chi connectivity index (χ3n) is 6.28. The lowest BCUT2D eigenvalue weighted by Gasteiger charge is -2.32. The first kappa shape index (κ1) is 25.5. The molecule has 172 valence electrons. The molecular formula is C25H36ClNO4. The first-order chi connectivity index (χ1) is 14.7. The first-order valence-corrected chi connectivity index (χ1v) is 10.9. The molecule has 3 rings (SSSR count). The highest BCUT2D eigenvalue weighted by Gasteiger charge is 2.34. The number of aliphatic hydroxyl groups is 2. The van der Waals surface area contributed by atoms with Gasteiger partial charge < -0.3 is 19.7 Å². The van der Waals surface area contributed by atoms with Crippen LogP contribution in [0.2, 0.25) is 0 Å². The van der Waals surface area contributed by atoms with E-state index in [1.807, 2.05) is 24.3 Å². The molecule has 0 saturated carbocycles. The van der Waals surface area contributed by atoms with Gasteiger partial charge in [0, 0.05) is 18.6 Å². The predicted molar refractivity (Wildman–Crippen MR) is 126 cm³/mol. The fraction of sp³-hybridized carbons (Fsp3) is 0.520. The number of para-hydroxylation sites is 2. The molecule has 0 spiro atoms. The van der Waals surface area contributed by atoms with Crippen LogP contribution in [-0.2, 0) is 12.8 Å². The fourth-order valence-electron chi connectivity index (χ4n) is 4.70. The molecular weight excluding hydrogens is 414 g/mol. The molecule has 0 amide bonds. The molecule has 6 heteroatoms. The molecule has 2 unspecified atom stereocenters. The Bertz CT molecular complexity index is 728. The van der Waals surface area contributed by atoms with Crippen molar-refractivity contribution in [2.45, 2.75) is 56.7 Å². The summed E-state index contributed by atoms with van der Waals surface area (Å²) in [6.07, 6.45) is 5.45. The van der Waals surface area contributed by atoms with Crippen LogP contribution in [0.4, 0.5) is 0 Å². The Morgan fingerprint density at radius 3 is 1.74 bits per heavy atom. The summed E-state index contributed by atoms with van der Waals surface area (Å²) in [5.41, 5.74) is 2.44. The van der Waals surface area contributed by atoms with E-state index in [1.54, 1.807) is 14.2 Å². The van der Waals surface area contributed by atoms with Crippen LogP contribution in [0.3, 0.4) is 0 Å². The van der Waals surface area contributed by atoms with Crippen molar-refractivity contribution in [1.29, 1.82) is 0 Å². The molecule has 0 aromatic heterocycles. The molecule has 1 aliphatic heterocycles. The van der Waals surface area contributed by atoms with Gasteiger partial charge >= 0.3 is 0 Å². The average Bonchev–Trinajstić information content (AvgIpc) is 3.17. The summed E-state index contributed by atoms with van der Waals surface area (Å²) in [5, 5.41) is 19.6. The number of ether oxygens (including phenoxy) is 2. The Labute approximate surface area is 192 Å². The first-order valence-electron chi connectivity index (χ1n) is 10.9. The van der Waals surface area contributed by atoms with Crippen molar-refractivity contribution >= 4 is 12.4 Å². The second kappa shape index (κ2) is 12.9. The molecule has 2 aromatic rings. The SMILES string of the molecule is COc1ccccc1CCC1CCC(CCc2ccccc2OC)N1C[C@@H](O)CO.Cl. The summed E-state index contributed by atoms with van der Waals surface area (Å²) in [5.74, 6) is 1.87. The number of hydrogen-bond donors (Lipinski definition) is 2. The van der Waals surface area contributed by atoms with Crippen LogP contribution in [0.25, 0.3) is 0 Å². The number of likely N-dealkylation sites (tertiary alicyclic amines) is 1. The number of aryl methyl sites for hydroxylation is 2. The van der Waals surface area contributed by atoms with Crippen LogP contribution in [0.5, 0.6) is 11.5 Å². The lowest BCUT2D eigenvalue weighted by atomic mass is 10.0. The van der Waals surface area contributed by atoms with Crippen molar-refractivity contribution in [3.8, 4) is 11.5 Å². The smallest absolute Gasteiger partial charge is 0.122 e. The lowest BCUT2D eigenvalue weighted by molar-refractivity contribution is 0.0393. The third-order valence-corrected chi connectivity index (χ3v) is 6.28. The predicted octanol–water partition coefficient (Wildman–Crippen LogP) is 3.88. The number of halogens is 1. The van der Waals surface area contributed by atoms with Crippen molar-refractivity contribution in [3.05, 3.63) is 59.7 Å². The van der Waals surface area contributed by atoms with Crippen molar-refractivity contribution in [2.75, 3.05) is 27.4 Å². The van der Waals surface area contributed by atoms with Crippen molar-refractivity contribution in [3.63, 3.8) is 0 Å². The minimum atomic E-state index is -0.703. The summed E-state index contributed by atoms with van der Waals surface area (Å²) < 4.78 is 11.0. The molecule has 2 aromatic carbocycles. The summed E-state index contributed by atoms with van der Waals surface area (Å²) in [6.45, 7) is 0.318. The van der Waals surface area contributed by atoms with Crippen LogP contribution >= 0.6 is 12.4 Å². The summed E-state index contributed by atoms with van der Waals surface area (Å²) in [4.78, 5) is 2.42. The van der Waals surface area contributed by atoms with Crippen LogP contribution in [0.15, 0.2) is 48.5 Å². The zero-order valence-corrected chi connectivity index (χ0v) is 19.4. The number of benzene rings is 2. The Kier molecular flexibility index (Phi) is 10.6. The molecule has 5 nitrogen and oxygen atoms in total. The van der Waals surface area contributed by atoms with Crippen LogP contribution in [0.1, 0.15) is 36.8 Å². The topological polar surface area (TPSA) is 62.2 Å². The quantitative estimate of drug-likeness (QED) is 0.545. The van der Waals surface area contributed by atoms with Gasteiger partial charge in [0.15, 0.2) is 0 Å². The zero-order chi connectivity index (χ0) is 21.3. The fourth-order valence-corrected chi connectivity index (χ4v) is 4.70. The minimum Gasteiger partial charge on any atom is -0.496 e. The monoisotopic (exact) mass is 449 g/mol. The van der Waals surface area contributed by atoms with Gasteiger partial charge in [-0.2, -0.15) is 0 Å². The van der Waals surface area contributed by atoms with E-state index < -0.39 is 6.10 Å². The maximum absolute atomic E-state index is 10.2. The highest BCUT2D eigenvalue weighted by Crippen LogP contribution is 2.32. The molecule has 1 heterocycles. The Hall–Kier alpha value is -1.79. The van der Waals surface area contributed by atoms with E-state index in [2.05, 4.69) is 29.2 Å². The minimum absolute atomic E-state index is 0. The van der Waals surface area contributed by atoms with E-state index in [1.165, 1.54) is 11.1 Å². The van der Waals surface area contributed by atoms with Crippen molar-refractivity contribution in [1.82, 2.24) is 4.90 Å². The normalized spacial score (nSPS) is 19.6. The van der Waals surface area contributed by atoms with Crippen LogP contribution < -0.4 is 9.47 Å².